The number of alkyl halides is 6. The van der Waals surface area contributed by atoms with Crippen LogP contribution in [0, 0.1) is 0 Å². The first-order chi connectivity index (χ1) is 19.3. The van der Waals surface area contributed by atoms with Crippen LogP contribution in [0.15, 0.2) is 54.6 Å². The molecule has 0 saturated carbocycles. The molecule has 0 spiro atoms. The van der Waals surface area contributed by atoms with Crippen molar-refractivity contribution in [2.45, 2.75) is 42.7 Å². The Morgan fingerprint density at radius 1 is 0.878 bits per heavy atom. The van der Waals surface area contributed by atoms with Crippen molar-refractivity contribution < 1.29 is 45.7 Å². The molecule has 3 atom stereocenters. The van der Waals surface area contributed by atoms with Crippen molar-refractivity contribution in [2.24, 2.45) is 0 Å². The van der Waals surface area contributed by atoms with Crippen LogP contribution in [0.2, 0.25) is 5.02 Å². The molecule has 2 N–H and O–H groups in total. The van der Waals surface area contributed by atoms with Crippen molar-refractivity contribution in [3.8, 4) is 28.4 Å². The Balaban J connectivity index is 1.22. The summed E-state index contributed by atoms with van der Waals surface area (Å²) < 4.78 is 96.4. The van der Waals surface area contributed by atoms with Crippen LogP contribution in [0.25, 0.3) is 33.5 Å². The molecule has 6 rings (SSSR count). The highest BCUT2D eigenvalue weighted by Gasteiger charge is 2.71. The number of hydrogen-bond acceptors (Lipinski definition) is 6. The zero-order chi connectivity index (χ0) is 29.2. The number of halogens is 7. The van der Waals surface area contributed by atoms with Crippen molar-refractivity contribution in [1.29, 1.82) is 0 Å². The van der Waals surface area contributed by atoms with Gasteiger partial charge in [-0.1, -0.05) is 60.1 Å². The van der Waals surface area contributed by atoms with E-state index in [1.807, 2.05) is 0 Å². The average Bonchev–Trinajstić information content (AvgIpc) is 3.64. The molecule has 216 valence electrons. The SMILES string of the molecule is OC(c1ccc(-c2ccc(-c3nc4nc(OC5COC6CCOC65)[nH]c4cc3Cl)cc2)cc1)(C(F)(F)F)C(F)(F)F. The summed E-state index contributed by atoms with van der Waals surface area (Å²) >= 11 is 6.48. The number of nitrogens with one attached hydrogen (secondary N) is 1. The molecule has 2 aromatic carbocycles. The van der Waals surface area contributed by atoms with Gasteiger partial charge in [-0.15, -0.1) is 0 Å². The van der Waals surface area contributed by atoms with Gasteiger partial charge in [0.05, 0.1) is 28.9 Å². The van der Waals surface area contributed by atoms with Gasteiger partial charge in [0.1, 0.15) is 6.10 Å². The van der Waals surface area contributed by atoms with E-state index in [-0.39, 0.29) is 24.3 Å². The summed E-state index contributed by atoms with van der Waals surface area (Å²) in [4.78, 5) is 12.0. The summed E-state index contributed by atoms with van der Waals surface area (Å²) in [5.41, 5.74) is -3.59. The molecule has 14 heteroatoms. The molecular formula is C27H20ClF6N3O4. The van der Waals surface area contributed by atoms with Crippen LogP contribution in [0.4, 0.5) is 26.3 Å². The predicted molar refractivity (Wildman–Crippen MR) is 134 cm³/mol. The third-order valence-corrected chi connectivity index (χ3v) is 7.49. The fraction of sp³-hybridized carbons (Fsp3) is 0.333. The second kappa shape index (κ2) is 9.86. The highest BCUT2D eigenvalue weighted by Crippen LogP contribution is 2.50. The lowest BCUT2D eigenvalue weighted by atomic mass is 9.90. The molecule has 0 aliphatic carbocycles. The standard InChI is InChI=1S/C27H20ClF6N3O4/c28-17-11-18-23(37-24(35-18)41-20-12-40-19-9-10-39-22(19)20)36-21(17)15-3-1-13(2-4-15)14-5-7-16(8-6-14)25(38,26(29,30)31)27(32,33)34/h1-8,11,19-20,22,38H,9-10,12H2,(H,35,36,37). The molecule has 2 saturated heterocycles. The monoisotopic (exact) mass is 599 g/mol. The molecule has 0 amide bonds. The lowest BCUT2D eigenvalue weighted by molar-refractivity contribution is -0.376. The van der Waals surface area contributed by atoms with Crippen molar-refractivity contribution in [3.63, 3.8) is 0 Å². The first-order valence-electron chi connectivity index (χ1n) is 12.4. The van der Waals surface area contributed by atoms with E-state index in [1.165, 1.54) is 0 Å². The van der Waals surface area contributed by atoms with Gasteiger partial charge in [0.15, 0.2) is 11.8 Å². The summed E-state index contributed by atoms with van der Waals surface area (Å²) in [7, 11) is 0. The van der Waals surface area contributed by atoms with E-state index in [1.54, 1.807) is 30.3 Å². The maximum Gasteiger partial charge on any atom is 0.430 e. The number of ether oxygens (including phenoxy) is 3. The van der Waals surface area contributed by atoms with E-state index in [0.717, 1.165) is 18.6 Å². The van der Waals surface area contributed by atoms with Crippen molar-refractivity contribution in [1.82, 2.24) is 15.0 Å². The summed E-state index contributed by atoms with van der Waals surface area (Å²) in [6.45, 7) is 0.992. The quantitative estimate of drug-likeness (QED) is 0.266. The van der Waals surface area contributed by atoms with Gasteiger partial charge in [-0.3, -0.25) is 0 Å². The number of H-pyrrole nitrogens is 1. The predicted octanol–water partition coefficient (Wildman–Crippen LogP) is 6.19. The number of imidazole rings is 1. The topological polar surface area (TPSA) is 89.5 Å². The number of fused-ring (bicyclic) bond motifs is 2. The Kier molecular flexibility index (Phi) is 6.68. The van der Waals surface area contributed by atoms with E-state index >= 15 is 0 Å². The number of benzene rings is 2. The Morgan fingerprint density at radius 2 is 1.49 bits per heavy atom. The zero-order valence-corrected chi connectivity index (χ0v) is 21.5. The van der Waals surface area contributed by atoms with Crippen molar-refractivity contribution in [3.05, 3.63) is 65.2 Å². The van der Waals surface area contributed by atoms with E-state index in [2.05, 4.69) is 15.0 Å². The van der Waals surface area contributed by atoms with Gasteiger partial charge in [0, 0.05) is 17.7 Å². The molecule has 4 aromatic rings. The number of rotatable bonds is 5. The Hall–Kier alpha value is -3.39. The number of aromatic nitrogens is 3. The van der Waals surface area contributed by atoms with Gasteiger partial charge in [0.2, 0.25) is 0 Å². The summed E-state index contributed by atoms with van der Waals surface area (Å²) in [5.74, 6) is 0. The number of hydrogen-bond donors (Lipinski definition) is 2. The largest absolute Gasteiger partial charge is 0.456 e. The first-order valence-corrected chi connectivity index (χ1v) is 12.8. The molecule has 2 aliphatic heterocycles. The van der Waals surface area contributed by atoms with Gasteiger partial charge in [0.25, 0.3) is 11.6 Å². The maximum atomic E-state index is 13.2. The summed E-state index contributed by atoms with van der Waals surface area (Å²) in [6.07, 6.45) is -11.6. The second-order valence-electron chi connectivity index (χ2n) is 9.74. The van der Waals surface area contributed by atoms with E-state index in [0.29, 0.717) is 63.9 Å². The minimum absolute atomic E-state index is 0.00692. The van der Waals surface area contributed by atoms with Crippen LogP contribution in [0.3, 0.4) is 0 Å². The molecule has 0 bridgehead atoms. The highest BCUT2D eigenvalue weighted by atomic mass is 35.5. The average molecular weight is 600 g/mol. The molecule has 0 radical (unpaired) electrons. The second-order valence-corrected chi connectivity index (χ2v) is 10.2. The Morgan fingerprint density at radius 3 is 2.12 bits per heavy atom. The fourth-order valence-corrected chi connectivity index (χ4v) is 5.30. The molecule has 3 unspecified atom stereocenters. The van der Waals surface area contributed by atoms with Gasteiger partial charge in [-0.05, 0) is 23.6 Å². The summed E-state index contributed by atoms with van der Waals surface area (Å²) in [6, 6.07) is 11.8. The van der Waals surface area contributed by atoms with Crippen LogP contribution in [-0.2, 0) is 15.1 Å². The lowest BCUT2D eigenvalue weighted by Crippen LogP contribution is -2.53. The fourth-order valence-electron chi connectivity index (χ4n) is 5.04. The normalized spacial score (nSPS) is 21.4. The Bertz CT molecular complexity index is 1560. The number of aromatic amines is 1. The third kappa shape index (κ3) is 4.80. The summed E-state index contributed by atoms with van der Waals surface area (Å²) in [5, 5.41) is 9.91. The minimum Gasteiger partial charge on any atom is -0.456 e. The van der Waals surface area contributed by atoms with E-state index in [9.17, 15) is 31.4 Å². The number of nitrogens with zero attached hydrogens (tertiary/aromatic N) is 2. The van der Waals surface area contributed by atoms with E-state index in [4.69, 9.17) is 25.8 Å². The smallest absolute Gasteiger partial charge is 0.430 e. The van der Waals surface area contributed by atoms with Gasteiger partial charge in [-0.25, -0.2) is 4.98 Å². The molecule has 2 fully saturated rings. The lowest BCUT2D eigenvalue weighted by Gasteiger charge is -2.32. The Labute approximate surface area is 233 Å². The van der Waals surface area contributed by atoms with Crippen LogP contribution in [0.5, 0.6) is 6.01 Å². The molecule has 2 aromatic heterocycles. The van der Waals surface area contributed by atoms with Crippen LogP contribution >= 0.6 is 11.6 Å². The molecule has 4 heterocycles. The van der Waals surface area contributed by atoms with Crippen LogP contribution in [0.1, 0.15) is 12.0 Å². The highest BCUT2D eigenvalue weighted by molar-refractivity contribution is 6.33. The minimum atomic E-state index is -5.96. The third-order valence-electron chi connectivity index (χ3n) is 7.20. The number of pyridine rings is 1. The van der Waals surface area contributed by atoms with Crippen LogP contribution < -0.4 is 4.74 Å². The molecule has 7 nitrogen and oxygen atoms in total. The first kappa shape index (κ1) is 27.8. The molecule has 2 aliphatic rings. The zero-order valence-electron chi connectivity index (χ0n) is 20.8. The van der Waals surface area contributed by atoms with Crippen molar-refractivity contribution in [2.75, 3.05) is 13.2 Å². The molecular weight excluding hydrogens is 580 g/mol. The maximum absolute atomic E-state index is 13.2. The van der Waals surface area contributed by atoms with Gasteiger partial charge in [-0.2, -0.15) is 31.3 Å². The van der Waals surface area contributed by atoms with Gasteiger partial charge >= 0.3 is 12.4 Å². The number of aliphatic hydroxyl groups is 1. The van der Waals surface area contributed by atoms with Crippen LogP contribution in [-0.4, -0.2) is 63.9 Å². The van der Waals surface area contributed by atoms with Crippen molar-refractivity contribution >= 4 is 22.8 Å². The van der Waals surface area contributed by atoms with Gasteiger partial charge < -0.3 is 24.3 Å². The molecule has 41 heavy (non-hydrogen) atoms. The van der Waals surface area contributed by atoms with E-state index < -0.39 is 23.5 Å².